The summed E-state index contributed by atoms with van der Waals surface area (Å²) in [5.41, 5.74) is 2.02. The van der Waals surface area contributed by atoms with Crippen molar-refractivity contribution in [2.45, 2.75) is 18.2 Å². The van der Waals surface area contributed by atoms with Gasteiger partial charge in [0.2, 0.25) is 5.91 Å². The number of benzene rings is 3. The maximum Gasteiger partial charge on any atom is 0.264 e. The Morgan fingerprint density at radius 2 is 1.71 bits per heavy atom. The predicted molar refractivity (Wildman–Crippen MR) is 131 cm³/mol. The highest BCUT2D eigenvalue weighted by atomic mass is 35.5. The molecular formula is C26H19ClFN3O2S. The molecule has 3 aromatic rings. The van der Waals surface area contributed by atoms with Crippen molar-refractivity contribution < 1.29 is 14.0 Å². The Morgan fingerprint density at radius 1 is 1.03 bits per heavy atom. The Hall–Kier alpha value is -3.60. The molecular weight excluding hydrogens is 473 g/mol. The molecule has 1 aliphatic heterocycles. The first-order valence-corrected chi connectivity index (χ1v) is 11.7. The fraction of sp³-hybridized carbons (Fsp3) is 0.115. The lowest BCUT2D eigenvalue weighted by Gasteiger charge is -2.19. The maximum atomic E-state index is 13.4. The average Bonchev–Trinajstić information content (AvgIpc) is 3.16. The van der Waals surface area contributed by atoms with E-state index >= 15 is 0 Å². The fourth-order valence-corrected chi connectivity index (χ4v) is 4.95. The van der Waals surface area contributed by atoms with Crippen LogP contribution in [0.4, 0.5) is 10.1 Å². The number of amides is 2. The summed E-state index contributed by atoms with van der Waals surface area (Å²) in [6, 6.07) is 23.8. The molecule has 0 aromatic heterocycles. The van der Waals surface area contributed by atoms with Gasteiger partial charge >= 0.3 is 0 Å². The van der Waals surface area contributed by atoms with Crippen molar-refractivity contribution in [3.63, 3.8) is 0 Å². The monoisotopic (exact) mass is 491 g/mol. The van der Waals surface area contributed by atoms with Gasteiger partial charge in [0.15, 0.2) is 0 Å². The van der Waals surface area contributed by atoms with Gasteiger partial charge in [-0.1, -0.05) is 65.8 Å². The second kappa shape index (κ2) is 10.6. The fourth-order valence-electron chi connectivity index (χ4n) is 3.51. The standard InChI is InChI=1S/C26H19ClFN3O2S/c27-19-8-12-21(13-9-19)31-25(33)23(14-17-6-10-20(28)11-7-17)34-26(31)22(15-29)24(32)30-16-18-4-2-1-3-5-18/h1-13,23H,14,16H2,(H,30,32)/b26-22-/t23-/m1/s1. The smallest absolute Gasteiger partial charge is 0.264 e. The van der Waals surface area contributed by atoms with E-state index in [2.05, 4.69) is 5.32 Å². The number of carbonyl (C=O) groups is 2. The van der Waals surface area contributed by atoms with Crippen LogP contribution in [0.15, 0.2) is 89.5 Å². The van der Waals surface area contributed by atoms with Crippen molar-refractivity contribution in [3.8, 4) is 6.07 Å². The zero-order valence-corrected chi connectivity index (χ0v) is 19.4. The summed E-state index contributed by atoms with van der Waals surface area (Å²) in [6.07, 6.45) is 0.321. The Morgan fingerprint density at radius 3 is 2.35 bits per heavy atom. The first-order chi connectivity index (χ1) is 16.5. The van der Waals surface area contributed by atoms with E-state index in [9.17, 15) is 19.2 Å². The van der Waals surface area contributed by atoms with Crippen LogP contribution in [0.25, 0.3) is 0 Å². The number of carbonyl (C=O) groups excluding carboxylic acids is 2. The number of thioether (sulfide) groups is 1. The van der Waals surface area contributed by atoms with Gasteiger partial charge in [-0.15, -0.1) is 0 Å². The molecule has 2 amide bonds. The molecule has 3 aromatic carbocycles. The number of halogens is 2. The lowest BCUT2D eigenvalue weighted by molar-refractivity contribution is -0.117. The zero-order chi connectivity index (χ0) is 24.1. The second-order valence-electron chi connectivity index (χ2n) is 7.55. The van der Waals surface area contributed by atoms with Crippen molar-refractivity contribution in [2.75, 3.05) is 4.90 Å². The molecule has 170 valence electrons. The van der Waals surface area contributed by atoms with E-state index in [1.54, 1.807) is 36.4 Å². The second-order valence-corrected chi connectivity index (χ2v) is 9.18. The van der Waals surface area contributed by atoms with Gasteiger partial charge in [0.1, 0.15) is 22.5 Å². The predicted octanol–water partition coefficient (Wildman–Crippen LogP) is 5.22. The minimum Gasteiger partial charge on any atom is -0.347 e. The van der Waals surface area contributed by atoms with Crippen LogP contribution in [0.3, 0.4) is 0 Å². The van der Waals surface area contributed by atoms with E-state index < -0.39 is 11.2 Å². The molecule has 4 rings (SSSR count). The van der Waals surface area contributed by atoms with Crippen LogP contribution in [0.5, 0.6) is 0 Å². The minimum atomic E-state index is -0.582. The summed E-state index contributed by atoms with van der Waals surface area (Å²) in [5, 5.41) is 12.8. The molecule has 1 fully saturated rings. The highest BCUT2D eigenvalue weighted by Crippen LogP contribution is 2.42. The normalized spacial score (nSPS) is 16.8. The highest BCUT2D eigenvalue weighted by Gasteiger charge is 2.40. The van der Waals surface area contributed by atoms with Crippen LogP contribution in [0.1, 0.15) is 11.1 Å². The van der Waals surface area contributed by atoms with Gasteiger partial charge in [0, 0.05) is 17.3 Å². The van der Waals surface area contributed by atoms with E-state index in [1.165, 1.54) is 17.0 Å². The Kier molecular flexibility index (Phi) is 7.31. The van der Waals surface area contributed by atoms with Gasteiger partial charge < -0.3 is 5.32 Å². The van der Waals surface area contributed by atoms with Crippen LogP contribution < -0.4 is 10.2 Å². The van der Waals surface area contributed by atoms with E-state index in [0.29, 0.717) is 17.1 Å². The van der Waals surface area contributed by atoms with E-state index in [0.717, 1.165) is 22.9 Å². The molecule has 0 bridgehead atoms. The van der Waals surface area contributed by atoms with Crippen molar-refractivity contribution in [2.24, 2.45) is 0 Å². The number of nitriles is 1. The minimum absolute atomic E-state index is 0.147. The van der Waals surface area contributed by atoms with Gasteiger partial charge in [-0.2, -0.15) is 5.26 Å². The number of nitrogens with one attached hydrogen (secondary N) is 1. The third-order valence-corrected chi connectivity index (χ3v) is 6.74. The molecule has 1 N–H and O–H groups in total. The number of nitrogens with zero attached hydrogens (tertiary/aromatic N) is 2. The molecule has 0 radical (unpaired) electrons. The van der Waals surface area contributed by atoms with Crippen molar-refractivity contribution in [3.05, 3.63) is 111 Å². The summed E-state index contributed by atoms with van der Waals surface area (Å²) < 4.78 is 13.3. The van der Waals surface area contributed by atoms with E-state index in [4.69, 9.17) is 11.6 Å². The molecule has 8 heteroatoms. The molecule has 1 atom stereocenters. The molecule has 1 heterocycles. The van der Waals surface area contributed by atoms with Crippen molar-refractivity contribution in [1.82, 2.24) is 5.32 Å². The highest BCUT2D eigenvalue weighted by molar-refractivity contribution is 8.05. The summed E-state index contributed by atoms with van der Waals surface area (Å²) in [5.74, 6) is -1.20. The Bertz CT molecular complexity index is 1270. The van der Waals surface area contributed by atoms with Gasteiger partial charge in [-0.05, 0) is 53.9 Å². The van der Waals surface area contributed by atoms with Crippen LogP contribution in [-0.4, -0.2) is 17.1 Å². The summed E-state index contributed by atoms with van der Waals surface area (Å²) in [6.45, 7) is 0.247. The molecule has 1 aliphatic rings. The van der Waals surface area contributed by atoms with Crippen LogP contribution >= 0.6 is 23.4 Å². The van der Waals surface area contributed by atoms with Crippen LogP contribution in [0, 0.1) is 17.1 Å². The Balaban J connectivity index is 1.66. The molecule has 1 saturated heterocycles. The van der Waals surface area contributed by atoms with Gasteiger partial charge in [-0.3, -0.25) is 14.5 Å². The van der Waals surface area contributed by atoms with Crippen molar-refractivity contribution >= 4 is 40.9 Å². The molecule has 5 nitrogen and oxygen atoms in total. The molecule has 0 aliphatic carbocycles. The van der Waals surface area contributed by atoms with E-state index in [1.807, 2.05) is 36.4 Å². The molecule has 0 spiro atoms. The molecule has 0 unspecified atom stereocenters. The molecule has 0 saturated carbocycles. The number of hydrogen-bond donors (Lipinski definition) is 1. The maximum absolute atomic E-state index is 13.4. The third kappa shape index (κ3) is 5.30. The van der Waals surface area contributed by atoms with Gasteiger partial charge in [-0.25, -0.2) is 4.39 Å². The molecule has 34 heavy (non-hydrogen) atoms. The quantitative estimate of drug-likeness (QED) is 0.379. The van der Waals surface area contributed by atoms with Gasteiger partial charge in [0.25, 0.3) is 5.91 Å². The number of rotatable bonds is 6. The largest absolute Gasteiger partial charge is 0.347 e. The van der Waals surface area contributed by atoms with Gasteiger partial charge in [0.05, 0.1) is 5.25 Å². The van der Waals surface area contributed by atoms with Crippen LogP contribution in [-0.2, 0) is 22.6 Å². The number of hydrogen-bond acceptors (Lipinski definition) is 4. The lowest BCUT2D eigenvalue weighted by Crippen LogP contribution is -2.32. The SMILES string of the molecule is N#C/C(C(=O)NCc1ccccc1)=C1/S[C@H](Cc2ccc(F)cc2)C(=O)N1c1ccc(Cl)cc1. The number of anilines is 1. The zero-order valence-electron chi connectivity index (χ0n) is 17.9. The van der Waals surface area contributed by atoms with Crippen molar-refractivity contribution in [1.29, 1.82) is 5.26 Å². The topological polar surface area (TPSA) is 73.2 Å². The van der Waals surface area contributed by atoms with Crippen LogP contribution in [0.2, 0.25) is 5.02 Å². The lowest BCUT2D eigenvalue weighted by atomic mass is 10.1. The summed E-state index contributed by atoms with van der Waals surface area (Å²) >= 11 is 7.17. The summed E-state index contributed by atoms with van der Waals surface area (Å²) in [7, 11) is 0. The average molecular weight is 492 g/mol. The van der Waals surface area contributed by atoms with E-state index in [-0.39, 0.29) is 28.9 Å². The Labute approximate surface area is 205 Å². The first-order valence-electron chi connectivity index (χ1n) is 10.4. The third-order valence-electron chi connectivity index (χ3n) is 5.22. The summed E-state index contributed by atoms with van der Waals surface area (Å²) in [4.78, 5) is 27.8. The first kappa shape index (κ1) is 23.6.